The van der Waals surface area contributed by atoms with E-state index in [0.717, 1.165) is 18.2 Å². The fourth-order valence-electron chi connectivity index (χ4n) is 4.87. The van der Waals surface area contributed by atoms with Gasteiger partial charge in [-0.05, 0) is 12.5 Å². The van der Waals surface area contributed by atoms with Crippen LogP contribution in [-0.2, 0) is 9.53 Å². The maximum absolute atomic E-state index is 12.9. The van der Waals surface area contributed by atoms with Gasteiger partial charge in [-0.2, -0.15) is 13.2 Å². The maximum atomic E-state index is 12.9. The minimum absolute atomic E-state index is 0.136. The molecule has 3 rings (SSSR count). The second kappa shape index (κ2) is 9.28. The molecule has 11 nitrogen and oxygen atoms in total. The van der Waals surface area contributed by atoms with Gasteiger partial charge in [-0.15, -0.1) is 0 Å². The fraction of sp³-hybridized carbons (Fsp3) is 0.600. The molecule has 0 saturated carbocycles. The van der Waals surface area contributed by atoms with E-state index in [2.05, 4.69) is 22.2 Å². The molecule has 0 aromatic heterocycles. The number of nitrogens with two attached hydrogens (primary N) is 2. The van der Waals surface area contributed by atoms with Crippen LogP contribution >= 0.6 is 0 Å². The summed E-state index contributed by atoms with van der Waals surface area (Å²) in [5.74, 6) is -4.05. The molecule has 6 atom stereocenters. The van der Waals surface area contributed by atoms with Crippen molar-refractivity contribution in [1.29, 1.82) is 0 Å². The van der Waals surface area contributed by atoms with Gasteiger partial charge in [0.25, 0.3) is 0 Å². The Morgan fingerprint density at radius 1 is 1.41 bits per heavy atom. The monoisotopic (exact) mass is 490 g/mol. The predicted octanol–water partition coefficient (Wildman–Crippen LogP) is -1.52. The van der Waals surface area contributed by atoms with Crippen LogP contribution in [0.5, 0.6) is 0 Å². The van der Waals surface area contributed by atoms with E-state index < -0.39 is 67.1 Å². The molecule has 0 aliphatic carbocycles. The molecule has 1 spiro atoms. The number of carbonyl (C=O) groups is 1. The molecule has 0 amide bonds. The predicted molar refractivity (Wildman–Crippen MR) is 114 cm³/mol. The number of alkyl halides is 3. The molecule has 0 aromatic rings. The SMILES string of the molecule is C=C/C=C(\C=C/CC(F)(F)F)C(=O)O[C@H]1[C@H](CC)N2C(N)=N[C@@H](CO)C3N[C@H](N)NC32C1(O)O. The van der Waals surface area contributed by atoms with E-state index in [1.807, 2.05) is 0 Å². The summed E-state index contributed by atoms with van der Waals surface area (Å²) in [7, 11) is 0. The van der Waals surface area contributed by atoms with Gasteiger partial charge in [-0.1, -0.05) is 31.7 Å². The highest BCUT2D eigenvalue weighted by Crippen LogP contribution is 2.48. The van der Waals surface area contributed by atoms with E-state index in [9.17, 15) is 33.3 Å². The van der Waals surface area contributed by atoms with E-state index in [0.29, 0.717) is 0 Å². The Morgan fingerprint density at radius 3 is 2.65 bits per heavy atom. The number of nitrogens with zero attached hydrogens (tertiary/aromatic N) is 2. The maximum Gasteiger partial charge on any atom is 0.392 e. The van der Waals surface area contributed by atoms with Crippen molar-refractivity contribution in [3.05, 3.63) is 36.5 Å². The van der Waals surface area contributed by atoms with Crippen LogP contribution in [0, 0.1) is 0 Å². The van der Waals surface area contributed by atoms with E-state index in [1.54, 1.807) is 6.92 Å². The van der Waals surface area contributed by atoms with Crippen LogP contribution in [0.15, 0.2) is 41.4 Å². The Labute approximate surface area is 193 Å². The molecule has 0 radical (unpaired) electrons. The minimum atomic E-state index is -4.47. The number of allylic oxidation sites excluding steroid dienone is 3. The Bertz CT molecular complexity index is 908. The summed E-state index contributed by atoms with van der Waals surface area (Å²) >= 11 is 0. The zero-order valence-electron chi connectivity index (χ0n) is 18.4. The van der Waals surface area contributed by atoms with Crippen molar-refractivity contribution >= 4 is 11.9 Å². The molecule has 2 saturated heterocycles. The number of nitrogens with one attached hydrogen (secondary N) is 2. The Balaban J connectivity index is 1.98. The van der Waals surface area contributed by atoms with Gasteiger partial charge >= 0.3 is 12.1 Å². The Morgan fingerprint density at radius 2 is 2.09 bits per heavy atom. The van der Waals surface area contributed by atoms with Crippen molar-refractivity contribution in [2.45, 2.75) is 67.9 Å². The highest BCUT2D eigenvalue weighted by atomic mass is 19.4. The first-order chi connectivity index (χ1) is 15.8. The lowest BCUT2D eigenvalue weighted by molar-refractivity contribution is -0.264. The normalized spacial score (nSPS) is 35.2. The number of ether oxygens (including phenoxy) is 1. The lowest BCUT2D eigenvalue weighted by Crippen LogP contribution is -2.77. The lowest BCUT2D eigenvalue weighted by atomic mass is 9.86. The molecule has 34 heavy (non-hydrogen) atoms. The smallest absolute Gasteiger partial charge is 0.392 e. The fourth-order valence-corrected chi connectivity index (χ4v) is 4.87. The molecular formula is C20H29F3N6O5. The van der Waals surface area contributed by atoms with E-state index in [1.165, 1.54) is 11.0 Å². The van der Waals surface area contributed by atoms with Gasteiger partial charge < -0.3 is 36.4 Å². The summed E-state index contributed by atoms with van der Waals surface area (Å²) in [6.45, 7) is 4.63. The number of rotatable bonds is 7. The molecular weight excluding hydrogens is 461 g/mol. The molecule has 0 bridgehead atoms. The van der Waals surface area contributed by atoms with Crippen molar-refractivity contribution in [3.63, 3.8) is 0 Å². The summed E-state index contributed by atoms with van der Waals surface area (Å²) in [4.78, 5) is 18.5. The van der Waals surface area contributed by atoms with Crippen LogP contribution in [0.25, 0.3) is 0 Å². The second-order valence-electron chi connectivity index (χ2n) is 8.25. The lowest BCUT2D eigenvalue weighted by Gasteiger charge is -2.49. The molecule has 14 heteroatoms. The molecule has 3 aliphatic heterocycles. The first kappa shape index (κ1) is 26.1. The van der Waals surface area contributed by atoms with Crippen molar-refractivity contribution in [2.75, 3.05) is 6.61 Å². The third-order valence-electron chi connectivity index (χ3n) is 6.15. The van der Waals surface area contributed by atoms with Gasteiger partial charge in [0, 0.05) is 0 Å². The van der Waals surface area contributed by atoms with E-state index in [4.69, 9.17) is 16.2 Å². The number of hydrogen-bond donors (Lipinski definition) is 7. The largest absolute Gasteiger partial charge is 0.451 e. The average Bonchev–Trinajstić information content (AvgIpc) is 3.19. The van der Waals surface area contributed by atoms with Gasteiger partial charge in [-0.3, -0.25) is 10.6 Å². The molecule has 2 unspecified atom stereocenters. The van der Waals surface area contributed by atoms with Gasteiger partial charge in [0.15, 0.2) is 17.7 Å². The van der Waals surface area contributed by atoms with E-state index in [-0.39, 0.29) is 18.0 Å². The van der Waals surface area contributed by atoms with Crippen LogP contribution in [0.2, 0.25) is 0 Å². The van der Waals surface area contributed by atoms with Crippen LogP contribution in [0.4, 0.5) is 13.2 Å². The second-order valence-corrected chi connectivity index (χ2v) is 8.25. The molecule has 3 heterocycles. The molecule has 0 aromatic carbocycles. The quantitative estimate of drug-likeness (QED) is 0.0960. The number of aliphatic imine (C=N–C) groups is 1. The molecule has 9 N–H and O–H groups in total. The summed E-state index contributed by atoms with van der Waals surface area (Å²) in [5, 5.41) is 38.3. The van der Waals surface area contributed by atoms with Crippen LogP contribution in [-0.4, -0.2) is 86.9 Å². The number of carbonyl (C=O) groups excluding carboxylic acids is 1. The topological polar surface area (TPSA) is 179 Å². The van der Waals surface area contributed by atoms with E-state index >= 15 is 0 Å². The van der Waals surface area contributed by atoms with Crippen molar-refractivity contribution in [2.24, 2.45) is 16.5 Å². The third-order valence-corrected chi connectivity index (χ3v) is 6.15. The van der Waals surface area contributed by atoms with Gasteiger partial charge in [0.1, 0.15) is 6.29 Å². The molecule has 190 valence electrons. The minimum Gasteiger partial charge on any atom is -0.451 e. The van der Waals surface area contributed by atoms with Gasteiger partial charge in [-0.25, -0.2) is 9.79 Å². The number of guanidine groups is 1. The highest BCUT2D eigenvalue weighted by molar-refractivity contribution is 5.92. The van der Waals surface area contributed by atoms with Crippen LogP contribution < -0.4 is 22.1 Å². The van der Waals surface area contributed by atoms with Gasteiger partial charge in [0.2, 0.25) is 5.79 Å². The summed E-state index contributed by atoms with van der Waals surface area (Å²) < 4.78 is 43.0. The summed E-state index contributed by atoms with van der Waals surface area (Å²) in [5.41, 5.74) is 9.98. The summed E-state index contributed by atoms with van der Waals surface area (Å²) in [6, 6.07) is -2.75. The van der Waals surface area contributed by atoms with Crippen LogP contribution in [0.3, 0.4) is 0 Å². The average molecular weight is 490 g/mol. The molecule has 2 fully saturated rings. The first-order valence-electron chi connectivity index (χ1n) is 10.6. The number of aliphatic hydroxyl groups excluding tert-OH is 1. The van der Waals surface area contributed by atoms with Crippen molar-refractivity contribution in [3.8, 4) is 0 Å². The summed E-state index contributed by atoms with van der Waals surface area (Å²) in [6.07, 6.45) is -4.14. The number of aliphatic hydroxyl groups is 3. The number of hydrogen-bond acceptors (Lipinski definition) is 11. The van der Waals surface area contributed by atoms with Gasteiger partial charge in [0.05, 0.1) is 36.7 Å². The van der Waals surface area contributed by atoms with Crippen LogP contribution in [0.1, 0.15) is 19.8 Å². The van der Waals surface area contributed by atoms with Crippen molar-refractivity contribution in [1.82, 2.24) is 15.5 Å². The molecule has 3 aliphatic rings. The standard InChI is InChI=1S/C20H29F3N6O5/c1-3-6-10(7-5-8-18(21,22)23)15(31)34-14-12(4-2)29-17(25)26-11(9-30)13-19(29,20(14,32)33)28-16(24)27-13/h3,5-7,11-14,16,27-28,30,32-33H,1,4,8-9,24H2,2H3,(H2,25,26)/b7-5-,10-6+/t11-,12-,13?,14-,16-,19?/m0/s1. The highest BCUT2D eigenvalue weighted by Gasteiger charge is 2.77. The Kier molecular flexibility index (Phi) is 7.13. The third kappa shape index (κ3) is 4.21. The first-order valence-corrected chi connectivity index (χ1v) is 10.6. The Hall–Kier alpha value is -2.49. The van der Waals surface area contributed by atoms with Crippen molar-refractivity contribution < 1.29 is 38.0 Å². The number of esters is 1. The zero-order valence-corrected chi connectivity index (χ0v) is 18.4. The zero-order chi connectivity index (χ0) is 25.5. The number of halogens is 3.